The predicted octanol–water partition coefficient (Wildman–Crippen LogP) is 1.48. The average Bonchev–Trinajstić information content (AvgIpc) is 1.90. The molecule has 0 aromatic rings. The minimum Gasteiger partial charge on any atom is -0.325 e. The number of hydrogen-bond donors (Lipinski definition) is 1. The molecule has 0 aromatic carbocycles. The second kappa shape index (κ2) is 1.72. The van der Waals surface area contributed by atoms with Gasteiger partial charge in [-0.2, -0.15) is 0 Å². The van der Waals surface area contributed by atoms with Crippen LogP contribution in [0.15, 0.2) is 0 Å². The van der Waals surface area contributed by atoms with Crippen molar-refractivity contribution in [3.8, 4) is 0 Å². The average molecular weight is 124 g/mol. The highest BCUT2D eigenvalue weighted by molar-refractivity contribution is 5.03. The van der Waals surface area contributed by atoms with Crippen LogP contribution in [0.4, 0.5) is 0 Å². The summed E-state index contributed by atoms with van der Waals surface area (Å²) in [5.41, 5.74) is 6.30. The van der Waals surface area contributed by atoms with E-state index in [0.717, 1.165) is 5.92 Å². The van der Waals surface area contributed by atoms with Gasteiger partial charge in [-0.3, -0.25) is 0 Å². The normalized spacial score (nSPS) is 49.7. The lowest BCUT2D eigenvalue weighted by molar-refractivity contribution is 0.192. The van der Waals surface area contributed by atoms with Gasteiger partial charge in [-0.15, -0.1) is 0 Å². The van der Waals surface area contributed by atoms with Gasteiger partial charge in [0.05, 0.1) is 0 Å². The third-order valence-corrected chi connectivity index (χ3v) is 2.88. The summed E-state index contributed by atoms with van der Waals surface area (Å²) in [5, 5.41) is 0. The van der Waals surface area contributed by atoms with Gasteiger partial charge in [0.25, 0.3) is 0 Å². The van der Waals surface area contributed by atoms with Crippen molar-refractivity contribution in [2.45, 2.75) is 37.6 Å². The molecule has 3 saturated carbocycles. The summed E-state index contributed by atoms with van der Waals surface area (Å²) < 4.78 is 0. The Kier molecular flexibility index (Phi) is 1.10. The molecule has 0 amide bonds. The Hall–Kier alpha value is -0.0400. The number of fused-ring (bicyclic) bond motifs is 3. The third kappa shape index (κ3) is 0.877. The van der Waals surface area contributed by atoms with Crippen molar-refractivity contribution in [2.75, 3.05) is 0 Å². The third-order valence-electron chi connectivity index (χ3n) is 2.88. The molecule has 2 bridgehead atoms. The summed E-state index contributed by atoms with van der Waals surface area (Å²) in [7, 11) is 0. The molecule has 0 unspecified atom stereocenters. The molecule has 0 atom stereocenters. The van der Waals surface area contributed by atoms with Crippen LogP contribution in [0.3, 0.4) is 0 Å². The van der Waals surface area contributed by atoms with E-state index < -0.39 is 0 Å². The lowest BCUT2D eigenvalue weighted by atomic mass is 9.66. The van der Waals surface area contributed by atoms with E-state index in [4.69, 9.17) is 5.73 Å². The summed E-state index contributed by atoms with van der Waals surface area (Å²) in [4.78, 5) is 0. The van der Waals surface area contributed by atoms with Crippen LogP contribution in [0.2, 0.25) is 0 Å². The molecule has 1 nitrogen and oxygen atoms in total. The van der Waals surface area contributed by atoms with Gasteiger partial charge in [0.1, 0.15) is 0 Å². The van der Waals surface area contributed by atoms with Crippen LogP contribution in [-0.4, -0.2) is 5.54 Å². The van der Waals surface area contributed by atoms with Crippen molar-refractivity contribution < 1.29 is 0 Å². The van der Waals surface area contributed by atoms with Gasteiger partial charge >= 0.3 is 0 Å². The zero-order valence-electron chi connectivity index (χ0n) is 5.77. The van der Waals surface area contributed by atoms with Crippen LogP contribution >= 0.6 is 0 Å². The highest BCUT2D eigenvalue weighted by Gasteiger charge is 2.36. The molecule has 9 heavy (non-hydrogen) atoms. The minimum absolute atomic E-state index is 0.231. The van der Waals surface area contributed by atoms with Gasteiger partial charge < -0.3 is 5.73 Å². The van der Waals surface area contributed by atoms with E-state index in [0.29, 0.717) is 0 Å². The maximum absolute atomic E-state index is 6.06. The SMILES string of the molecule is NC12C[CH]C(CC1)CC2. The molecule has 0 aliphatic heterocycles. The first-order valence-electron chi connectivity index (χ1n) is 3.91. The molecule has 0 saturated heterocycles. The van der Waals surface area contributed by atoms with Crippen LogP contribution < -0.4 is 5.73 Å². The lowest BCUT2D eigenvalue weighted by Gasteiger charge is -2.43. The molecule has 3 rings (SSSR count). The van der Waals surface area contributed by atoms with Crippen LogP contribution in [0.5, 0.6) is 0 Å². The summed E-state index contributed by atoms with van der Waals surface area (Å²) in [6, 6.07) is 0. The number of rotatable bonds is 0. The number of nitrogens with two attached hydrogens (primary N) is 1. The Morgan fingerprint density at radius 1 is 1.33 bits per heavy atom. The second-order valence-electron chi connectivity index (χ2n) is 3.64. The van der Waals surface area contributed by atoms with Crippen molar-refractivity contribution in [3.63, 3.8) is 0 Å². The molecule has 3 aliphatic rings. The summed E-state index contributed by atoms with van der Waals surface area (Å²) >= 11 is 0. The Morgan fingerprint density at radius 3 is 2.22 bits per heavy atom. The second-order valence-corrected chi connectivity index (χ2v) is 3.64. The van der Waals surface area contributed by atoms with Gasteiger partial charge in [-0.25, -0.2) is 0 Å². The van der Waals surface area contributed by atoms with Crippen LogP contribution in [-0.2, 0) is 0 Å². The van der Waals surface area contributed by atoms with E-state index in [2.05, 4.69) is 6.42 Å². The predicted molar refractivity (Wildman–Crippen MR) is 37.8 cm³/mol. The largest absolute Gasteiger partial charge is 0.325 e. The van der Waals surface area contributed by atoms with E-state index >= 15 is 0 Å². The summed E-state index contributed by atoms with van der Waals surface area (Å²) in [5.74, 6) is 0.926. The fraction of sp³-hybridized carbons (Fsp3) is 0.875. The molecular formula is C8H14N. The van der Waals surface area contributed by atoms with E-state index in [1.165, 1.54) is 32.1 Å². The molecule has 0 spiro atoms. The molecule has 3 aliphatic carbocycles. The summed E-state index contributed by atoms with van der Waals surface area (Å²) in [6.45, 7) is 0. The van der Waals surface area contributed by atoms with Gasteiger partial charge in [-0.1, -0.05) is 0 Å². The summed E-state index contributed by atoms with van der Waals surface area (Å²) in [6.07, 6.45) is 8.86. The highest BCUT2D eigenvalue weighted by atomic mass is 14.8. The zero-order valence-corrected chi connectivity index (χ0v) is 5.77. The lowest BCUT2D eigenvalue weighted by Crippen LogP contribution is -2.47. The first kappa shape index (κ1) is 5.72. The van der Waals surface area contributed by atoms with Crippen molar-refractivity contribution in [3.05, 3.63) is 6.42 Å². The van der Waals surface area contributed by atoms with E-state index in [1.54, 1.807) is 0 Å². The molecule has 3 fully saturated rings. The Balaban J connectivity index is 2.11. The maximum Gasteiger partial charge on any atom is 0.0157 e. The Bertz CT molecular complexity index is 98.0. The van der Waals surface area contributed by atoms with Gasteiger partial charge in [-0.05, 0) is 44.4 Å². The standard InChI is InChI=1S/C8H14N/c9-8-4-1-7(2-5-8)3-6-8/h1,7H,2-6,9H2. The maximum atomic E-state index is 6.06. The van der Waals surface area contributed by atoms with Crippen molar-refractivity contribution >= 4 is 0 Å². The van der Waals surface area contributed by atoms with E-state index in [9.17, 15) is 0 Å². The fourth-order valence-electron chi connectivity index (χ4n) is 2.06. The first-order chi connectivity index (χ1) is 4.29. The van der Waals surface area contributed by atoms with Crippen LogP contribution in [0.25, 0.3) is 0 Å². The highest BCUT2D eigenvalue weighted by Crippen LogP contribution is 2.41. The molecule has 1 radical (unpaired) electrons. The van der Waals surface area contributed by atoms with Crippen LogP contribution in [0.1, 0.15) is 32.1 Å². The van der Waals surface area contributed by atoms with Gasteiger partial charge in [0.2, 0.25) is 0 Å². The van der Waals surface area contributed by atoms with E-state index in [1.807, 2.05) is 0 Å². The van der Waals surface area contributed by atoms with E-state index in [-0.39, 0.29) is 5.54 Å². The minimum atomic E-state index is 0.231. The Labute approximate surface area is 56.6 Å². The molecule has 0 aromatic heterocycles. The molecule has 1 heteroatoms. The molecule has 51 valence electrons. The smallest absolute Gasteiger partial charge is 0.0157 e. The van der Waals surface area contributed by atoms with Crippen LogP contribution in [0, 0.1) is 12.3 Å². The zero-order chi connectivity index (χ0) is 6.32. The van der Waals surface area contributed by atoms with Crippen molar-refractivity contribution in [2.24, 2.45) is 11.7 Å². The Morgan fingerprint density at radius 2 is 2.00 bits per heavy atom. The molecule has 2 N–H and O–H groups in total. The fourth-order valence-corrected chi connectivity index (χ4v) is 2.06. The van der Waals surface area contributed by atoms with Crippen molar-refractivity contribution in [1.29, 1.82) is 0 Å². The van der Waals surface area contributed by atoms with Gasteiger partial charge in [0, 0.05) is 5.54 Å². The van der Waals surface area contributed by atoms with Crippen molar-refractivity contribution in [1.82, 2.24) is 0 Å². The first-order valence-corrected chi connectivity index (χ1v) is 3.91. The molecule has 0 heterocycles. The number of hydrogen-bond acceptors (Lipinski definition) is 1. The van der Waals surface area contributed by atoms with Gasteiger partial charge in [0.15, 0.2) is 0 Å². The topological polar surface area (TPSA) is 26.0 Å². The molecular weight excluding hydrogens is 110 g/mol. The quantitative estimate of drug-likeness (QED) is 0.520. The monoisotopic (exact) mass is 124 g/mol.